The number of thiazole rings is 1. The number of rotatable bonds is 5. The number of likely N-dealkylation sites (tertiary alicyclic amines) is 1. The zero-order valence-electron chi connectivity index (χ0n) is 18.0. The van der Waals surface area contributed by atoms with Crippen molar-refractivity contribution in [2.45, 2.75) is 53.0 Å². The van der Waals surface area contributed by atoms with Crippen LogP contribution in [-0.2, 0) is 13.6 Å². The highest BCUT2D eigenvalue weighted by Crippen LogP contribution is 2.31. The third-order valence-corrected chi connectivity index (χ3v) is 6.90. The van der Waals surface area contributed by atoms with Crippen molar-refractivity contribution in [1.82, 2.24) is 24.6 Å². The summed E-state index contributed by atoms with van der Waals surface area (Å²) in [5.74, 6) is 0.459. The van der Waals surface area contributed by atoms with Gasteiger partial charge in [0.15, 0.2) is 5.13 Å². The molecule has 3 aromatic heterocycles. The maximum absolute atomic E-state index is 4.88. The molecule has 4 rings (SSSR count). The van der Waals surface area contributed by atoms with E-state index < -0.39 is 0 Å². The lowest BCUT2D eigenvalue weighted by atomic mass is 9.93. The van der Waals surface area contributed by atoms with Crippen LogP contribution in [0.3, 0.4) is 0 Å². The average Bonchev–Trinajstić information content (AvgIpc) is 3.16. The molecule has 0 bridgehead atoms. The molecule has 4 heterocycles. The van der Waals surface area contributed by atoms with Crippen molar-refractivity contribution in [2.24, 2.45) is 7.05 Å². The summed E-state index contributed by atoms with van der Waals surface area (Å²) < 4.78 is 1.96. The van der Waals surface area contributed by atoms with Crippen LogP contribution in [0.1, 0.15) is 52.0 Å². The molecule has 0 saturated carbocycles. The zero-order chi connectivity index (χ0) is 20.5. The van der Waals surface area contributed by atoms with Gasteiger partial charge < -0.3 is 5.32 Å². The second kappa shape index (κ2) is 8.24. The number of hydrogen-bond donors (Lipinski definition) is 1. The standard InChI is InChI=1S/C22H30N6S/c1-14-9-20(26-22-25-15(2)17(4)29-22)10-21(24-14)18-7-6-8-28(12-18)13-19-11-23-27(5)16(19)3/h9-11,18H,6-8,12-13H2,1-5H3,(H,24,25,26)/t18-/m1/s1. The molecule has 29 heavy (non-hydrogen) atoms. The Labute approximate surface area is 177 Å². The Balaban J connectivity index is 1.49. The van der Waals surface area contributed by atoms with Crippen LogP contribution >= 0.6 is 11.3 Å². The molecule has 0 spiro atoms. The van der Waals surface area contributed by atoms with Gasteiger partial charge in [0, 0.05) is 59.3 Å². The van der Waals surface area contributed by atoms with Crippen molar-refractivity contribution >= 4 is 22.2 Å². The molecule has 1 saturated heterocycles. The third kappa shape index (κ3) is 4.51. The minimum Gasteiger partial charge on any atom is -0.331 e. The van der Waals surface area contributed by atoms with E-state index in [9.17, 15) is 0 Å². The number of piperidine rings is 1. The van der Waals surface area contributed by atoms with E-state index in [1.165, 1.54) is 34.7 Å². The number of hydrogen-bond acceptors (Lipinski definition) is 6. The molecule has 0 unspecified atom stereocenters. The van der Waals surface area contributed by atoms with Crippen LogP contribution in [0.25, 0.3) is 0 Å². The third-order valence-electron chi connectivity index (χ3n) is 5.91. The maximum atomic E-state index is 4.88. The van der Waals surface area contributed by atoms with E-state index in [1.54, 1.807) is 11.3 Å². The first-order valence-corrected chi connectivity index (χ1v) is 11.1. The molecule has 1 atom stereocenters. The molecule has 3 aromatic rings. The molecule has 1 aliphatic heterocycles. The number of pyridine rings is 1. The van der Waals surface area contributed by atoms with Crippen LogP contribution in [0.4, 0.5) is 10.8 Å². The van der Waals surface area contributed by atoms with E-state index >= 15 is 0 Å². The van der Waals surface area contributed by atoms with Gasteiger partial charge in [-0.15, -0.1) is 11.3 Å². The lowest BCUT2D eigenvalue weighted by Crippen LogP contribution is -2.34. The minimum atomic E-state index is 0.459. The molecule has 1 aliphatic rings. The Hall–Kier alpha value is -2.25. The van der Waals surface area contributed by atoms with Gasteiger partial charge in [-0.2, -0.15) is 5.10 Å². The first-order chi connectivity index (χ1) is 13.9. The molecule has 1 N–H and O–H groups in total. The summed E-state index contributed by atoms with van der Waals surface area (Å²) in [5, 5.41) is 8.84. The number of anilines is 2. The molecule has 0 radical (unpaired) electrons. The maximum Gasteiger partial charge on any atom is 0.187 e. The highest BCUT2D eigenvalue weighted by molar-refractivity contribution is 7.15. The second-order valence-corrected chi connectivity index (χ2v) is 9.36. The van der Waals surface area contributed by atoms with E-state index in [0.29, 0.717) is 5.92 Å². The molecule has 6 nitrogen and oxygen atoms in total. The summed E-state index contributed by atoms with van der Waals surface area (Å²) in [6.07, 6.45) is 4.39. The molecular formula is C22H30N6S. The van der Waals surface area contributed by atoms with E-state index in [4.69, 9.17) is 4.98 Å². The van der Waals surface area contributed by atoms with Gasteiger partial charge in [0.2, 0.25) is 0 Å². The second-order valence-electron chi connectivity index (χ2n) is 8.16. The SMILES string of the molecule is Cc1cc(Nc2nc(C)c(C)s2)cc([C@@H]2CCCN(Cc3cnn(C)c3C)C2)n1. The number of aromatic nitrogens is 4. The van der Waals surface area contributed by atoms with Crippen LogP contribution in [-0.4, -0.2) is 37.7 Å². The summed E-state index contributed by atoms with van der Waals surface area (Å²) in [6.45, 7) is 11.5. The van der Waals surface area contributed by atoms with Crippen molar-refractivity contribution < 1.29 is 0 Å². The van der Waals surface area contributed by atoms with Gasteiger partial charge in [-0.25, -0.2) is 4.98 Å². The molecule has 7 heteroatoms. The summed E-state index contributed by atoms with van der Waals surface area (Å²) in [5.41, 5.74) is 6.99. The molecule has 0 amide bonds. The van der Waals surface area contributed by atoms with Gasteiger partial charge in [0.25, 0.3) is 0 Å². The average molecular weight is 411 g/mol. The van der Waals surface area contributed by atoms with Crippen LogP contribution in [0.2, 0.25) is 0 Å². The monoisotopic (exact) mass is 410 g/mol. The first kappa shape index (κ1) is 20.0. The Bertz CT molecular complexity index is 985. The Kier molecular flexibility index (Phi) is 5.69. The molecule has 0 aliphatic carbocycles. The highest BCUT2D eigenvalue weighted by Gasteiger charge is 2.24. The Morgan fingerprint density at radius 3 is 2.69 bits per heavy atom. The predicted octanol–water partition coefficient (Wildman–Crippen LogP) is 4.63. The minimum absolute atomic E-state index is 0.459. The molecule has 1 fully saturated rings. The van der Waals surface area contributed by atoms with Gasteiger partial charge in [-0.1, -0.05) is 0 Å². The van der Waals surface area contributed by atoms with E-state index in [2.05, 4.69) is 60.1 Å². The van der Waals surface area contributed by atoms with E-state index in [0.717, 1.165) is 41.8 Å². The quantitative estimate of drug-likeness (QED) is 0.665. The van der Waals surface area contributed by atoms with Gasteiger partial charge in [0.1, 0.15) is 0 Å². The fourth-order valence-corrected chi connectivity index (χ4v) is 4.84. The van der Waals surface area contributed by atoms with Gasteiger partial charge in [-0.05, 0) is 59.2 Å². The van der Waals surface area contributed by atoms with Gasteiger partial charge in [0.05, 0.1) is 11.9 Å². The van der Waals surface area contributed by atoms with Crippen molar-refractivity contribution in [3.63, 3.8) is 0 Å². The first-order valence-electron chi connectivity index (χ1n) is 10.3. The van der Waals surface area contributed by atoms with Gasteiger partial charge in [-0.3, -0.25) is 14.6 Å². The lowest BCUT2D eigenvalue weighted by Gasteiger charge is -2.32. The summed E-state index contributed by atoms with van der Waals surface area (Å²) >= 11 is 1.70. The summed E-state index contributed by atoms with van der Waals surface area (Å²) in [7, 11) is 2.01. The van der Waals surface area contributed by atoms with Crippen LogP contribution in [0.15, 0.2) is 18.3 Å². The highest BCUT2D eigenvalue weighted by atomic mass is 32.1. The molecular weight excluding hydrogens is 380 g/mol. The summed E-state index contributed by atoms with van der Waals surface area (Å²) in [4.78, 5) is 13.3. The van der Waals surface area contributed by atoms with Crippen molar-refractivity contribution in [3.8, 4) is 0 Å². The van der Waals surface area contributed by atoms with E-state index in [1.807, 2.05) is 17.9 Å². The molecule has 154 valence electrons. The fraction of sp³-hybridized carbons (Fsp3) is 0.500. The number of aryl methyl sites for hydroxylation is 4. The lowest BCUT2D eigenvalue weighted by molar-refractivity contribution is 0.198. The van der Waals surface area contributed by atoms with Crippen molar-refractivity contribution in [2.75, 3.05) is 18.4 Å². The van der Waals surface area contributed by atoms with Crippen LogP contribution in [0.5, 0.6) is 0 Å². The van der Waals surface area contributed by atoms with Crippen LogP contribution < -0.4 is 5.32 Å². The van der Waals surface area contributed by atoms with Gasteiger partial charge >= 0.3 is 0 Å². The van der Waals surface area contributed by atoms with Crippen molar-refractivity contribution in [1.29, 1.82) is 0 Å². The molecule has 0 aromatic carbocycles. The Morgan fingerprint density at radius 1 is 1.17 bits per heavy atom. The summed E-state index contributed by atoms with van der Waals surface area (Å²) in [6, 6.07) is 4.32. The topological polar surface area (TPSA) is 58.9 Å². The fourth-order valence-electron chi connectivity index (χ4n) is 4.01. The van der Waals surface area contributed by atoms with Crippen molar-refractivity contribution in [3.05, 3.63) is 51.5 Å². The van der Waals surface area contributed by atoms with Crippen LogP contribution in [0, 0.1) is 27.7 Å². The van der Waals surface area contributed by atoms with E-state index in [-0.39, 0.29) is 0 Å². The number of nitrogens with one attached hydrogen (secondary N) is 1. The zero-order valence-corrected chi connectivity index (χ0v) is 18.8. The number of nitrogens with zero attached hydrogens (tertiary/aromatic N) is 5. The smallest absolute Gasteiger partial charge is 0.187 e. The normalized spacial score (nSPS) is 17.6. The largest absolute Gasteiger partial charge is 0.331 e. The predicted molar refractivity (Wildman–Crippen MR) is 119 cm³/mol. The Morgan fingerprint density at radius 2 is 2.00 bits per heavy atom.